The summed E-state index contributed by atoms with van der Waals surface area (Å²) < 4.78 is 32.2. The summed E-state index contributed by atoms with van der Waals surface area (Å²) in [4.78, 5) is 0.0365. The Morgan fingerprint density at radius 3 is 2.47 bits per heavy atom. The highest BCUT2D eigenvalue weighted by atomic mass is 79.9. The zero-order valence-electron chi connectivity index (χ0n) is 9.82. The van der Waals surface area contributed by atoms with Crippen molar-refractivity contribution >= 4 is 31.6 Å². The number of methoxy groups -OCH3 is 1. The molecule has 0 aliphatic heterocycles. The quantitative estimate of drug-likeness (QED) is 0.827. The molecule has 0 atom stereocenters. The van der Waals surface area contributed by atoms with E-state index in [0.717, 1.165) is 0 Å². The molecule has 0 aliphatic rings. The van der Waals surface area contributed by atoms with Gasteiger partial charge in [0.2, 0.25) is 10.0 Å². The summed E-state index contributed by atoms with van der Waals surface area (Å²) in [6, 6.07) is 2.70. The van der Waals surface area contributed by atoms with Crippen LogP contribution in [-0.4, -0.2) is 21.6 Å². The van der Waals surface area contributed by atoms with Crippen molar-refractivity contribution in [3.05, 3.63) is 16.6 Å². The maximum absolute atomic E-state index is 12.0. The van der Waals surface area contributed by atoms with Crippen molar-refractivity contribution in [1.29, 1.82) is 0 Å². The van der Waals surface area contributed by atoms with Gasteiger partial charge in [-0.1, -0.05) is 0 Å². The number of nitrogen functional groups attached to an aromatic ring is 1. The second-order valence-electron chi connectivity index (χ2n) is 3.80. The first-order chi connectivity index (χ1) is 7.77. The molecule has 0 saturated carbocycles. The van der Waals surface area contributed by atoms with Crippen LogP contribution in [0, 0.1) is 0 Å². The van der Waals surface area contributed by atoms with Crippen LogP contribution in [0.5, 0.6) is 5.75 Å². The summed E-state index contributed by atoms with van der Waals surface area (Å²) in [5.41, 5.74) is 6.02. The molecule has 96 valence electrons. The first-order valence-electron chi connectivity index (χ1n) is 4.93. The lowest BCUT2D eigenvalue weighted by Crippen LogP contribution is -2.30. The Morgan fingerprint density at radius 2 is 2.00 bits per heavy atom. The lowest BCUT2D eigenvalue weighted by Gasteiger charge is -2.14. The molecule has 0 aromatic heterocycles. The van der Waals surface area contributed by atoms with Gasteiger partial charge in [0.25, 0.3) is 0 Å². The lowest BCUT2D eigenvalue weighted by atomic mass is 10.3. The van der Waals surface area contributed by atoms with Crippen molar-refractivity contribution in [2.75, 3.05) is 12.8 Å². The molecule has 1 rings (SSSR count). The molecule has 0 heterocycles. The van der Waals surface area contributed by atoms with E-state index in [1.54, 1.807) is 13.8 Å². The number of ether oxygens (including phenoxy) is 1. The summed E-state index contributed by atoms with van der Waals surface area (Å²) in [7, 11) is -2.21. The number of nitrogens with one attached hydrogen (secondary N) is 1. The minimum atomic E-state index is -3.62. The molecule has 1 aromatic rings. The van der Waals surface area contributed by atoms with E-state index in [9.17, 15) is 8.42 Å². The van der Waals surface area contributed by atoms with E-state index < -0.39 is 10.0 Å². The number of anilines is 1. The van der Waals surface area contributed by atoms with Gasteiger partial charge in [-0.3, -0.25) is 0 Å². The third-order valence-corrected chi connectivity index (χ3v) is 4.33. The highest BCUT2D eigenvalue weighted by Crippen LogP contribution is 2.32. The number of nitrogens with two attached hydrogens (primary N) is 1. The number of hydrogen-bond donors (Lipinski definition) is 2. The molecule has 0 unspecified atom stereocenters. The SMILES string of the molecule is COc1cc(Br)c(N)cc1S(=O)(=O)NC(C)C. The van der Waals surface area contributed by atoms with E-state index in [4.69, 9.17) is 10.5 Å². The Kier molecular flexibility index (Phi) is 4.40. The van der Waals surface area contributed by atoms with E-state index in [0.29, 0.717) is 10.2 Å². The second-order valence-corrected chi connectivity index (χ2v) is 6.34. The minimum Gasteiger partial charge on any atom is -0.495 e. The van der Waals surface area contributed by atoms with Gasteiger partial charge in [0.15, 0.2) is 0 Å². The maximum atomic E-state index is 12.0. The van der Waals surface area contributed by atoms with E-state index in [-0.39, 0.29) is 16.7 Å². The minimum absolute atomic E-state index is 0.0365. The molecule has 3 N–H and O–H groups in total. The predicted molar refractivity (Wildman–Crippen MR) is 70.6 cm³/mol. The highest BCUT2D eigenvalue weighted by Gasteiger charge is 2.21. The van der Waals surface area contributed by atoms with Crippen LogP contribution in [0.2, 0.25) is 0 Å². The molecule has 0 amide bonds. The molecule has 0 spiro atoms. The number of benzene rings is 1. The van der Waals surface area contributed by atoms with Gasteiger partial charge < -0.3 is 10.5 Å². The summed E-state index contributed by atoms with van der Waals surface area (Å²) in [5.74, 6) is 0.249. The van der Waals surface area contributed by atoms with Gasteiger partial charge in [-0.25, -0.2) is 13.1 Å². The van der Waals surface area contributed by atoms with Crippen molar-refractivity contribution in [2.24, 2.45) is 0 Å². The van der Waals surface area contributed by atoms with Gasteiger partial charge in [-0.2, -0.15) is 0 Å². The van der Waals surface area contributed by atoms with Crippen LogP contribution in [0.3, 0.4) is 0 Å². The lowest BCUT2D eigenvalue weighted by molar-refractivity contribution is 0.402. The normalized spacial score (nSPS) is 11.8. The Labute approximate surface area is 110 Å². The monoisotopic (exact) mass is 322 g/mol. The van der Waals surface area contributed by atoms with Crippen LogP contribution >= 0.6 is 15.9 Å². The number of rotatable bonds is 4. The van der Waals surface area contributed by atoms with E-state index in [2.05, 4.69) is 20.7 Å². The topological polar surface area (TPSA) is 81.4 Å². The third-order valence-electron chi connectivity index (χ3n) is 1.96. The summed E-state index contributed by atoms with van der Waals surface area (Å²) in [6.45, 7) is 3.48. The van der Waals surface area contributed by atoms with Gasteiger partial charge in [-0.15, -0.1) is 0 Å². The van der Waals surface area contributed by atoms with Crippen LogP contribution in [0.1, 0.15) is 13.8 Å². The van der Waals surface area contributed by atoms with Crippen LogP contribution in [0.4, 0.5) is 5.69 Å². The van der Waals surface area contributed by atoms with Crippen molar-refractivity contribution in [3.8, 4) is 5.75 Å². The molecule has 0 saturated heterocycles. The maximum Gasteiger partial charge on any atom is 0.244 e. The number of halogens is 1. The van der Waals surface area contributed by atoms with E-state index in [1.807, 2.05) is 0 Å². The molecule has 0 aliphatic carbocycles. The average molecular weight is 323 g/mol. The molecule has 17 heavy (non-hydrogen) atoms. The van der Waals surface area contributed by atoms with Crippen LogP contribution < -0.4 is 15.2 Å². The second kappa shape index (κ2) is 5.24. The molecule has 0 radical (unpaired) electrons. The molecule has 5 nitrogen and oxygen atoms in total. The Balaban J connectivity index is 3.35. The third kappa shape index (κ3) is 3.34. The van der Waals surface area contributed by atoms with E-state index in [1.165, 1.54) is 19.2 Å². The Morgan fingerprint density at radius 1 is 1.41 bits per heavy atom. The Hall–Kier alpha value is -0.790. The standard InChI is InChI=1S/C10H15BrN2O3S/c1-6(2)13-17(14,15)10-5-8(12)7(11)4-9(10)16-3/h4-6,13H,12H2,1-3H3. The van der Waals surface area contributed by atoms with Crippen LogP contribution in [-0.2, 0) is 10.0 Å². The smallest absolute Gasteiger partial charge is 0.244 e. The van der Waals surface area contributed by atoms with Crippen molar-refractivity contribution in [2.45, 2.75) is 24.8 Å². The van der Waals surface area contributed by atoms with Crippen LogP contribution in [0.15, 0.2) is 21.5 Å². The largest absolute Gasteiger partial charge is 0.495 e. The van der Waals surface area contributed by atoms with Gasteiger partial charge >= 0.3 is 0 Å². The first-order valence-corrected chi connectivity index (χ1v) is 7.21. The van der Waals surface area contributed by atoms with Crippen molar-refractivity contribution < 1.29 is 13.2 Å². The van der Waals surface area contributed by atoms with E-state index >= 15 is 0 Å². The fraction of sp³-hybridized carbons (Fsp3) is 0.400. The Bertz CT molecular complexity index is 515. The molecule has 7 heteroatoms. The van der Waals surface area contributed by atoms with Crippen molar-refractivity contribution in [1.82, 2.24) is 4.72 Å². The molecule has 0 bridgehead atoms. The van der Waals surface area contributed by atoms with Crippen molar-refractivity contribution in [3.63, 3.8) is 0 Å². The molecule has 0 fully saturated rings. The zero-order chi connectivity index (χ0) is 13.2. The first kappa shape index (κ1) is 14.3. The van der Waals surface area contributed by atoms with Crippen LogP contribution in [0.25, 0.3) is 0 Å². The van der Waals surface area contributed by atoms with Gasteiger partial charge in [-0.05, 0) is 41.9 Å². The van der Waals surface area contributed by atoms with Gasteiger partial charge in [0, 0.05) is 16.2 Å². The molecular weight excluding hydrogens is 308 g/mol. The molecule has 1 aromatic carbocycles. The number of sulfonamides is 1. The fourth-order valence-corrected chi connectivity index (χ4v) is 3.05. The molecular formula is C10H15BrN2O3S. The number of hydrogen-bond acceptors (Lipinski definition) is 4. The fourth-order valence-electron chi connectivity index (χ4n) is 1.29. The van der Waals surface area contributed by atoms with Gasteiger partial charge in [0.1, 0.15) is 10.6 Å². The summed E-state index contributed by atoms with van der Waals surface area (Å²) in [6.07, 6.45) is 0. The van der Waals surface area contributed by atoms with Gasteiger partial charge in [0.05, 0.1) is 7.11 Å². The summed E-state index contributed by atoms with van der Waals surface area (Å²) in [5, 5.41) is 0. The zero-order valence-corrected chi connectivity index (χ0v) is 12.2. The summed E-state index contributed by atoms with van der Waals surface area (Å²) >= 11 is 3.22. The average Bonchev–Trinajstić information content (AvgIpc) is 2.19. The predicted octanol–water partition coefficient (Wildman–Crippen LogP) is 1.73. The highest BCUT2D eigenvalue weighted by molar-refractivity contribution is 9.10.